The summed E-state index contributed by atoms with van der Waals surface area (Å²) in [6, 6.07) is 14.5. The van der Waals surface area contributed by atoms with E-state index < -0.39 is 12.1 Å². The van der Waals surface area contributed by atoms with Crippen LogP contribution in [0, 0.1) is 6.92 Å². The summed E-state index contributed by atoms with van der Waals surface area (Å²) in [4.78, 5) is 0. The van der Waals surface area contributed by atoms with E-state index in [1.165, 1.54) is 0 Å². The molecule has 0 aliphatic heterocycles. The molecule has 2 aromatic carbocycles. The van der Waals surface area contributed by atoms with Crippen LogP contribution >= 0.6 is 11.6 Å². The summed E-state index contributed by atoms with van der Waals surface area (Å²) < 4.78 is 0. The standard InChI is InChI=1S/C15H16ClNO/c1-10-2-4-12(5-3-10)15(18)14(17)11-6-8-13(16)9-7-11/h2-9,14-15,18H,17H2,1H3/t14?,15-/m0/s1. The molecule has 1 unspecified atom stereocenters. The summed E-state index contributed by atoms with van der Waals surface area (Å²) in [5, 5.41) is 10.9. The summed E-state index contributed by atoms with van der Waals surface area (Å²) in [7, 11) is 0. The van der Waals surface area contributed by atoms with Crippen LogP contribution < -0.4 is 5.73 Å². The molecule has 0 radical (unpaired) electrons. The first-order chi connectivity index (χ1) is 8.58. The van der Waals surface area contributed by atoms with E-state index >= 15 is 0 Å². The van der Waals surface area contributed by atoms with E-state index in [1.807, 2.05) is 43.3 Å². The number of halogens is 1. The van der Waals surface area contributed by atoms with Crippen LogP contribution in [0.5, 0.6) is 0 Å². The largest absolute Gasteiger partial charge is 0.386 e. The van der Waals surface area contributed by atoms with Crippen molar-refractivity contribution >= 4 is 11.6 Å². The predicted molar refractivity (Wildman–Crippen MR) is 74.5 cm³/mol. The number of hydrogen-bond acceptors (Lipinski definition) is 2. The molecular weight excluding hydrogens is 246 g/mol. The minimum atomic E-state index is -0.716. The zero-order valence-electron chi connectivity index (χ0n) is 10.2. The molecule has 2 atom stereocenters. The number of benzene rings is 2. The molecule has 0 saturated carbocycles. The maximum atomic E-state index is 10.2. The molecule has 3 N–H and O–H groups in total. The van der Waals surface area contributed by atoms with Crippen LogP contribution in [0.3, 0.4) is 0 Å². The quantitative estimate of drug-likeness (QED) is 0.890. The lowest BCUT2D eigenvalue weighted by Gasteiger charge is -2.19. The van der Waals surface area contributed by atoms with E-state index in [2.05, 4.69) is 0 Å². The van der Waals surface area contributed by atoms with Crippen LogP contribution in [0.15, 0.2) is 48.5 Å². The maximum absolute atomic E-state index is 10.2. The Balaban J connectivity index is 2.20. The van der Waals surface area contributed by atoms with Crippen LogP contribution in [-0.4, -0.2) is 5.11 Å². The van der Waals surface area contributed by atoms with Gasteiger partial charge in [0, 0.05) is 5.02 Å². The van der Waals surface area contributed by atoms with E-state index in [1.54, 1.807) is 12.1 Å². The Morgan fingerprint density at radius 2 is 1.44 bits per heavy atom. The van der Waals surface area contributed by atoms with E-state index in [9.17, 15) is 5.11 Å². The highest BCUT2D eigenvalue weighted by Gasteiger charge is 2.18. The normalized spacial score (nSPS) is 14.2. The molecule has 0 aromatic heterocycles. The number of rotatable bonds is 3. The Morgan fingerprint density at radius 3 is 2.00 bits per heavy atom. The van der Waals surface area contributed by atoms with E-state index in [4.69, 9.17) is 17.3 Å². The third kappa shape index (κ3) is 2.91. The van der Waals surface area contributed by atoms with Gasteiger partial charge in [0.2, 0.25) is 0 Å². The molecule has 0 aliphatic rings. The highest BCUT2D eigenvalue weighted by atomic mass is 35.5. The van der Waals surface area contributed by atoms with Gasteiger partial charge in [-0.3, -0.25) is 0 Å². The van der Waals surface area contributed by atoms with Crippen LogP contribution in [0.4, 0.5) is 0 Å². The Labute approximate surface area is 112 Å². The summed E-state index contributed by atoms with van der Waals surface area (Å²) >= 11 is 5.83. The SMILES string of the molecule is Cc1ccc([C@H](O)C(N)c2ccc(Cl)cc2)cc1. The van der Waals surface area contributed by atoms with Crippen LogP contribution in [-0.2, 0) is 0 Å². The lowest BCUT2D eigenvalue weighted by atomic mass is 9.96. The van der Waals surface area contributed by atoms with Gasteiger partial charge < -0.3 is 10.8 Å². The highest BCUT2D eigenvalue weighted by Crippen LogP contribution is 2.27. The number of aliphatic hydroxyl groups excluding tert-OH is 1. The first-order valence-corrected chi connectivity index (χ1v) is 6.21. The average molecular weight is 262 g/mol. The van der Waals surface area contributed by atoms with E-state index in [0.717, 1.165) is 16.7 Å². The third-order valence-corrected chi connectivity index (χ3v) is 3.27. The summed E-state index contributed by atoms with van der Waals surface area (Å²) in [5.41, 5.74) is 8.91. The van der Waals surface area contributed by atoms with E-state index in [0.29, 0.717) is 5.02 Å². The second-order valence-electron chi connectivity index (χ2n) is 4.43. The van der Waals surface area contributed by atoms with Gasteiger partial charge in [-0.25, -0.2) is 0 Å². The number of aryl methyl sites for hydroxylation is 1. The molecule has 0 amide bonds. The van der Waals surface area contributed by atoms with Crippen molar-refractivity contribution in [3.8, 4) is 0 Å². The zero-order valence-corrected chi connectivity index (χ0v) is 10.9. The number of hydrogen-bond donors (Lipinski definition) is 2. The first kappa shape index (κ1) is 13.1. The van der Waals surface area contributed by atoms with Crippen molar-refractivity contribution in [3.63, 3.8) is 0 Å². The molecule has 2 rings (SSSR count). The predicted octanol–water partition coefficient (Wildman–Crippen LogP) is 3.38. The summed E-state index contributed by atoms with van der Waals surface area (Å²) in [6.45, 7) is 2.01. The minimum Gasteiger partial charge on any atom is -0.386 e. The lowest BCUT2D eigenvalue weighted by Crippen LogP contribution is -2.19. The fourth-order valence-corrected chi connectivity index (χ4v) is 1.96. The smallest absolute Gasteiger partial charge is 0.0982 e. The van der Waals surface area contributed by atoms with Gasteiger partial charge in [0.05, 0.1) is 12.1 Å². The van der Waals surface area contributed by atoms with Gasteiger partial charge in [-0.2, -0.15) is 0 Å². The summed E-state index contributed by atoms with van der Waals surface area (Å²) in [5.74, 6) is 0. The Kier molecular flexibility index (Phi) is 4.02. The minimum absolute atomic E-state index is 0.454. The second kappa shape index (κ2) is 5.53. The first-order valence-electron chi connectivity index (χ1n) is 5.83. The van der Waals surface area contributed by atoms with Crippen LogP contribution in [0.2, 0.25) is 5.02 Å². The molecule has 3 heteroatoms. The number of nitrogens with two attached hydrogens (primary N) is 1. The van der Waals surface area contributed by atoms with Crippen molar-refractivity contribution in [3.05, 3.63) is 70.2 Å². The number of aliphatic hydroxyl groups is 1. The maximum Gasteiger partial charge on any atom is 0.0982 e. The van der Waals surface area contributed by atoms with Crippen molar-refractivity contribution < 1.29 is 5.11 Å². The van der Waals surface area contributed by atoms with Crippen molar-refractivity contribution in [1.82, 2.24) is 0 Å². The molecule has 0 heterocycles. The molecule has 0 aliphatic carbocycles. The van der Waals surface area contributed by atoms with Gasteiger partial charge in [0.1, 0.15) is 0 Å². The van der Waals surface area contributed by atoms with Gasteiger partial charge in [-0.05, 0) is 30.2 Å². The zero-order chi connectivity index (χ0) is 13.1. The molecule has 18 heavy (non-hydrogen) atoms. The van der Waals surface area contributed by atoms with Crippen LogP contribution in [0.25, 0.3) is 0 Å². The molecule has 0 bridgehead atoms. The van der Waals surface area contributed by atoms with Crippen molar-refractivity contribution in [2.75, 3.05) is 0 Å². The molecular formula is C15H16ClNO. The van der Waals surface area contributed by atoms with E-state index in [-0.39, 0.29) is 0 Å². The fraction of sp³-hybridized carbons (Fsp3) is 0.200. The van der Waals surface area contributed by atoms with Gasteiger partial charge in [-0.15, -0.1) is 0 Å². The monoisotopic (exact) mass is 261 g/mol. The molecule has 0 fully saturated rings. The third-order valence-electron chi connectivity index (χ3n) is 3.01. The van der Waals surface area contributed by atoms with Crippen molar-refractivity contribution in [2.24, 2.45) is 5.73 Å². The Hall–Kier alpha value is -1.35. The average Bonchev–Trinajstić information content (AvgIpc) is 2.39. The second-order valence-corrected chi connectivity index (χ2v) is 4.87. The Bertz CT molecular complexity index is 458. The molecule has 0 spiro atoms. The van der Waals surface area contributed by atoms with Gasteiger partial charge >= 0.3 is 0 Å². The van der Waals surface area contributed by atoms with Crippen molar-refractivity contribution in [2.45, 2.75) is 19.1 Å². The topological polar surface area (TPSA) is 46.2 Å². The van der Waals surface area contributed by atoms with Crippen molar-refractivity contribution in [1.29, 1.82) is 0 Å². The lowest BCUT2D eigenvalue weighted by molar-refractivity contribution is 0.147. The molecule has 94 valence electrons. The summed E-state index contributed by atoms with van der Waals surface area (Å²) in [6.07, 6.45) is -0.716. The molecule has 0 saturated heterocycles. The van der Waals surface area contributed by atoms with Gasteiger partial charge in [0.15, 0.2) is 0 Å². The molecule has 2 nitrogen and oxygen atoms in total. The Morgan fingerprint density at radius 1 is 0.944 bits per heavy atom. The van der Waals surface area contributed by atoms with Gasteiger partial charge in [0.25, 0.3) is 0 Å². The molecule has 2 aromatic rings. The van der Waals surface area contributed by atoms with Gasteiger partial charge in [-0.1, -0.05) is 53.6 Å². The highest BCUT2D eigenvalue weighted by molar-refractivity contribution is 6.30. The van der Waals surface area contributed by atoms with Crippen LogP contribution in [0.1, 0.15) is 28.8 Å². The fourth-order valence-electron chi connectivity index (χ4n) is 1.84.